The van der Waals surface area contributed by atoms with Gasteiger partial charge in [-0.15, -0.1) is 11.3 Å². The molecule has 1 aliphatic heterocycles. The standard InChI is InChI=1S/C26H20N2O3S/c29-20-14-23(31-22-9-4-1-6-16(20)22)26-25-19(27-17-7-2-3-8-18(17)28-26)12-15(13-21(25)30)24-10-5-11-32-24/h1-11,14-15,26-28H,12-13H2/t15-,26+/m1/s1. The van der Waals surface area contributed by atoms with E-state index in [0.717, 1.165) is 23.5 Å². The molecule has 1 aliphatic carbocycles. The number of para-hydroxylation sites is 3. The normalized spacial score (nSPS) is 20.2. The maximum atomic E-state index is 13.5. The van der Waals surface area contributed by atoms with Gasteiger partial charge in [-0.25, -0.2) is 0 Å². The summed E-state index contributed by atoms with van der Waals surface area (Å²) in [5, 5.41) is 9.57. The zero-order chi connectivity index (χ0) is 21.7. The van der Waals surface area contributed by atoms with Gasteiger partial charge < -0.3 is 15.1 Å². The van der Waals surface area contributed by atoms with Gasteiger partial charge in [-0.1, -0.05) is 30.3 Å². The number of thiophene rings is 1. The van der Waals surface area contributed by atoms with Gasteiger partial charge in [-0.05, 0) is 42.1 Å². The summed E-state index contributed by atoms with van der Waals surface area (Å²) in [7, 11) is 0. The number of fused-ring (bicyclic) bond motifs is 2. The second-order valence-electron chi connectivity index (χ2n) is 8.19. The van der Waals surface area contributed by atoms with Crippen molar-refractivity contribution in [3.8, 4) is 0 Å². The van der Waals surface area contributed by atoms with Crippen LogP contribution in [0, 0.1) is 0 Å². The zero-order valence-electron chi connectivity index (χ0n) is 17.1. The van der Waals surface area contributed by atoms with Gasteiger partial charge in [0.25, 0.3) is 0 Å². The minimum absolute atomic E-state index is 0.0678. The second-order valence-corrected chi connectivity index (χ2v) is 9.17. The Hall–Kier alpha value is -3.64. The Morgan fingerprint density at radius 2 is 1.72 bits per heavy atom. The summed E-state index contributed by atoms with van der Waals surface area (Å²) in [6.07, 6.45) is 1.17. The molecule has 3 heterocycles. The first-order chi connectivity index (χ1) is 15.7. The molecule has 2 aromatic heterocycles. The lowest BCUT2D eigenvalue weighted by atomic mass is 9.82. The maximum Gasteiger partial charge on any atom is 0.193 e. The van der Waals surface area contributed by atoms with Crippen molar-refractivity contribution in [2.24, 2.45) is 0 Å². The van der Waals surface area contributed by atoms with E-state index in [1.807, 2.05) is 47.8 Å². The fourth-order valence-electron chi connectivity index (χ4n) is 4.70. The summed E-state index contributed by atoms with van der Waals surface area (Å²) >= 11 is 1.68. The van der Waals surface area contributed by atoms with Crippen LogP contribution >= 0.6 is 11.3 Å². The molecule has 0 fully saturated rings. The SMILES string of the molecule is O=C1C[C@H](c2cccs2)CC2=C1[C@H](c1cc(=O)c3ccccc3o1)Nc1ccccc1N2. The molecular weight excluding hydrogens is 420 g/mol. The number of hydrogen-bond acceptors (Lipinski definition) is 6. The third-order valence-corrected chi connectivity index (χ3v) is 7.23. The van der Waals surface area contributed by atoms with Gasteiger partial charge in [0.1, 0.15) is 17.4 Å². The number of carbonyl (C=O) groups is 1. The molecule has 2 atom stereocenters. The van der Waals surface area contributed by atoms with Gasteiger partial charge in [-0.2, -0.15) is 0 Å². The molecule has 0 unspecified atom stereocenters. The summed E-state index contributed by atoms with van der Waals surface area (Å²) in [5.41, 5.74) is 3.71. The van der Waals surface area contributed by atoms with E-state index in [-0.39, 0.29) is 17.1 Å². The van der Waals surface area contributed by atoms with Gasteiger partial charge in [0.05, 0.1) is 16.8 Å². The molecule has 32 heavy (non-hydrogen) atoms. The van der Waals surface area contributed by atoms with Crippen LogP contribution in [0.2, 0.25) is 0 Å². The van der Waals surface area contributed by atoms with Crippen molar-refractivity contribution in [2.75, 3.05) is 10.6 Å². The molecule has 0 bridgehead atoms. The fourth-order valence-corrected chi connectivity index (χ4v) is 5.53. The molecule has 2 N–H and O–H groups in total. The Bertz CT molecular complexity index is 1430. The number of anilines is 2. The summed E-state index contributed by atoms with van der Waals surface area (Å²) in [6.45, 7) is 0. The number of allylic oxidation sites excluding steroid dienone is 1. The van der Waals surface area contributed by atoms with Crippen molar-refractivity contribution in [2.45, 2.75) is 24.8 Å². The highest BCUT2D eigenvalue weighted by Crippen LogP contribution is 2.44. The van der Waals surface area contributed by atoms with E-state index in [1.165, 1.54) is 10.9 Å². The van der Waals surface area contributed by atoms with Crippen LogP contribution in [0.3, 0.4) is 0 Å². The van der Waals surface area contributed by atoms with Gasteiger partial charge >= 0.3 is 0 Å². The topological polar surface area (TPSA) is 71.3 Å². The Morgan fingerprint density at radius 1 is 0.906 bits per heavy atom. The number of benzene rings is 2. The minimum atomic E-state index is -0.546. The van der Waals surface area contributed by atoms with Crippen LogP contribution in [-0.2, 0) is 4.79 Å². The van der Waals surface area contributed by atoms with Crippen LogP contribution in [0.5, 0.6) is 0 Å². The summed E-state index contributed by atoms with van der Waals surface area (Å²) in [5.74, 6) is 0.657. The van der Waals surface area contributed by atoms with E-state index in [0.29, 0.717) is 28.7 Å². The average molecular weight is 441 g/mol. The number of carbonyl (C=O) groups excluding carboxylic acids is 1. The molecule has 2 aliphatic rings. The molecule has 0 saturated carbocycles. The van der Waals surface area contributed by atoms with Crippen molar-refractivity contribution >= 4 is 39.5 Å². The quantitative estimate of drug-likeness (QED) is 0.410. The van der Waals surface area contributed by atoms with Gasteiger partial charge in [0.15, 0.2) is 11.2 Å². The number of rotatable bonds is 2. The first-order valence-electron chi connectivity index (χ1n) is 10.6. The van der Waals surface area contributed by atoms with Crippen LogP contribution in [0.15, 0.2) is 92.6 Å². The Labute approximate surface area is 188 Å². The van der Waals surface area contributed by atoms with Crippen molar-refractivity contribution in [1.29, 1.82) is 0 Å². The molecule has 0 radical (unpaired) electrons. The third kappa shape index (κ3) is 3.15. The monoisotopic (exact) mass is 440 g/mol. The lowest BCUT2D eigenvalue weighted by Gasteiger charge is -2.28. The van der Waals surface area contributed by atoms with E-state index in [2.05, 4.69) is 16.7 Å². The van der Waals surface area contributed by atoms with Crippen molar-refractivity contribution in [1.82, 2.24) is 0 Å². The minimum Gasteiger partial charge on any atom is -0.458 e. The molecule has 0 saturated heterocycles. The van der Waals surface area contributed by atoms with Gasteiger partial charge in [-0.3, -0.25) is 9.59 Å². The lowest BCUT2D eigenvalue weighted by Crippen LogP contribution is -2.27. The Morgan fingerprint density at radius 3 is 2.56 bits per heavy atom. The average Bonchev–Trinajstić information content (AvgIpc) is 3.28. The molecule has 6 rings (SSSR count). The second kappa shape index (κ2) is 7.50. The molecule has 4 aromatic rings. The molecule has 0 amide bonds. The molecular formula is C26H20N2O3S. The predicted molar refractivity (Wildman–Crippen MR) is 127 cm³/mol. The van der Waals surface area contributed by atoms with Crippen LogP contribution in [0.4, 0.5) is 11.4 Å². The van der Waals surface area contributed by atoms with Crippen LogP contribution in [-0.4, -0.2) is 5.78 Å². The van der Waals surface area contributed by atoms with Crippen LogP contribution in [0.25, 0.3) is 11.0 Å². The van der Waals surface area contributed by atoms with Crippen molar-refractivity contribution < 1.29 is 9.21 Å². The largest absolute Gasteiger partial charge is 0.458 e. The van der Waals surface area contributed by atoms with E-state index in [9.17, 15) is 9.59 Å². The van der Waals surface area contributed by atoms with E-state index in [4.69, 9.17) is 4.42 Å². The molecule has 2 aromatic carbocycles. The molecule has 158 valence electrons. The Balaban J connectivity index is 1.53. The van der Waals surface area contributed by atoms with Crippen molar-refractivity contribution in [3.63, 3.8) is 0 Å². The zero-order valence-corrected chi connectivity index (χ0v) is 17.9. The third-order valence-electron chi connectivity index (χ3n) is 6.19. The van der Waals surface area contributed by atoms with E-state index >= 15 is 0 Å². The maximum absolute atomic E-state index is 13.5. The van der Waals surface area contributed by atoms with E-state index < -0.39 is 6.04 Å². The highest BCUT2D eigenvalue weighted by atomic mass is 32.1. The Kier molecular flexibility index (Phi) is 4.47. The molecule has 6 heteroatoms. The summed E-state index contributed by atoms with van der Waals surface area (Å²) < 4.78 is 6.17. The number of nitrogens with one attached hydrogen (secondary N) is 2. The fraction of sp³-hybridized carbons (Fsp3) is 0.154. The summed E-state index contributed by atoms with van der Waals surface area (Å²) in [6, 6.07) is 20.2. The molecule has 5 nitrogen and oxygen atoms in total. The highest BCUT2D eigenvalue weighted by molar-refractivity contribution is 7.10. The number of hydrogen-bond donors (Lipinski definition) is 2. The van der Waals surface area contributed by atoms with Crippen LogP contribution in [0.1, 0.15) is 35.4 Å². The van der Waals surface area contributed by atoms with Crippen LogP contribution < -0.4 is 16.1 Å². The number of ketones is 1. The van der Waals surface area contributed by atoms with Crippen molar-refractivity contribution in [3.05, 3.63) is 104 Å². The lowest BCUT2D eigenvalue weighted by molar-refractivity contribution is -0.116. The highest BCUT2D eigenvalue weighted by Gasteiger charge is 2.37. The van der Waals surface area contributed by atoms with Gasteiger partial charge in [0.2, 0.25) is 0 Å². The number of Topliss-reactive ketones (excluding diaryl/α,β-unsaturated/α-hetero) is 1. The first kappa shape index (κ1) is 19.1. The smallest absolute Gasteiger partial charge is 0.193 e. The van der Waals surface area contributed by atoms with Gasteiger partial charge in [0, 0.05) is 34.6 Å². The molecule has 0 spiro atoms. The summed E-state index contributed by atoms with van der Waals surface area (Å²) in [4.78, 5) is 27.6. The predicted octanol–water partition coefficient (Wildman–Crippen LogP) is 5.83. The van der Waals surface area contributed by atoms with E-state index in [1.54, 1.807) is 23.5 Å². The first-order valence-corrected chi connectivity index (χ1v) is 11.5.